The van der Waals surface area contributed by atoms with Crippen LogP contribution >= 0.6 is 0 Å². The highest BCUT2D eigenvalue weighted by Gasteiger charge is 2.53. The van der Waals surface area contributed by atoms with Gasteiger partial charge in [0.05, 0.1) is 29.4 Å². The van der Waals surface area contributed by atoms with Crippen LogP contribution in [0, 0.1) is 0 Å². The predicted molar refractivity (Wildman–Crippen MR) is 86.7 cm³/mol. The van der Waals surface area contributed by atoms with Crippen LogP contribution in [0.4, 0.5) is 5.95 Å². The van der Waals surface area contributed by atoms with E-state index >= 15 is 0 Å². The Kier molecular flexibility index (Phi) is 3.78. The number of rotatable bonds is 3. The molecule has 6 nitrogen and oxygen atoms in total. The minimum absolute atomic E-state index is 0.334. The molecule has 2 fully saturated rings. The second kappa shape index (κ2) is 5.25. The molecule has 0 bridgehead atoms. The van der Waals surface area contributed by atoms with Crippen LogP contribution in [0.5, 0.6) is 0 Å². The van der Waals surface area contributed by atoms with Gasteiger partial charge in [0.25, 0.3) is 0 Å². The third-order valence-electron chi connectivity index (χ3n) is 4.93. The molecule has 0 amide bonds. The fraction of sp³-hybridized carbons (Fsp3) is 0.800. The highest BCUT2D eigenvalue weighted by molar-refractivity contribution is 6.61. The van der Waals surface area contributed by atoms with E-state index in [9.17, 15) is 0 Å². The molecule has 3 heterocycles. The van der Waals surface area contributed by atoms with Gasteiger partial charge in [0.15, 0.2) is 0 Å². The van der Waals surface area contributed by atoms with Gasteiger partial charge in [0, 0.05) is 26.9 Å². The SMILES string of the molecule is CN(C)c1nc(B2OC(C)(C)C(C)(C)O2)cn1C1CCOC1. The van der Waals surface area contributed by atoms with Crippen LogP contribution in [0.1, 0.15) is 40.2 Å². The predicted octanol–water partition coefficient (Wildman–Crippen LogP) is 1.21. The van der Waals surface area contributed by atoms with Gasteiger partial charge >= 0.3 is 7.12 Å². The number of hydrogen-bond acceptors (Lipinski definition) is 5. The fourth-order valence-corrected chi connectivity index (χ4v) is 2.82. The number of imidazole rings is 1. The molecule has 0 spiro atoms. The van der Waals surface area contributed by atoms with Crippen molar-refractivity contribution in [3.8, 4) is 0 Å². The largest absolute Gasteiger partial charge is 0.516 e. The molecule has 3 rings (SSSR count). The Labute approximate surface area is 132 Å². The first-order chi connectivity index (χ1) is 10.2. The van der Waals surface area contributed by atoms with Crippen molar-refractivity contribution in [3.05, 3.63) is 6.20 Å². The van der Waals surface area contributed by atoms with Gasteiger partial charge < -0.3 is 23.5 Å². The van der Waals surface area contributed by atoms with Crippen molar-refractivity contribution in [2.45, 2.75) is 51.4 Å². The molecule has 0 saturated carbocycles. The first-order valence-corrected chi connectivity index (χ1v) is 7.91. The second-order valence-corrected chi connectivity index (χ2v) is 7.37. The molecule has 2 aliphatic rings. The van der Waals surface area contributed by atoms with Crippen molar-refractivity contribution in [3.63, 3.8) is 0 Å². The molecule has 122 valence electrons. The molecular weight excluding hydrogens is 281 g/mol. The van der Waals surface area contributed by atoms with Crippen molar-refractivity contribution in [2.24, 2.45) is 0 Å². The second-order valence-electron chi connectivity index (χ2n) is 7.37. The number of ether oxygens (including phenoxy) is 1. The molecule has 22 heavy (non-hydrogen) atoms. The third-order valence-corrected chi connectivity index (χ3v) is 4.93. The van der Waals surface area contributed by atoms with Crippen molar-refractivity contribution in [1.82, 2.24) is 9.55 Å². The molecule has 1 aromatic rings. The first-order valence-electron chi connectivity index (χ1n) is 7.91. The summed E-state index contributed by atoms with van der Waals surface area (Å²) in [5.74, 6) is 0.917. The molecule has 2 aliphatic heterocycles. The average molecular weight is 307 g/mol. The Hall–Kier alpha value is -1.05. The summed E-state index contributed by atoms with van der Waals surface area (Å²) >= 11 is 0. The number of anilines is 1. The van der Waals surface area contributed by atoms with Gasteiger partial charge in [-0.15, -0.1) is 0 Å². The normalized spacial score (nSPS) is 26.6. The summed E-state index contributed by atoms with van der Waals surface area (Å²) in [5, 5.41) is 0. The Bertz CT molecular complexity index is 534. The van der Waals surface area contributed by atoms with E-state index in [2.05, 4.69) is 38.5 Å². The molecule has 1 unspecified atom stereocenters. The smallest absolute Gasteiger partial charge is 0.398 e. The molecule has 7 heteroatoms. The lowest BCUT2D eigenvalue weighted by Crippen LogP contribution is -2.41. The van der Waals surface area contributed by atoms with E-state index in [1.807, 2.05) is 19.0 Å². The zero-order valence-corrected chi connectivity index (χ0v) is 14.4. The summed E-state index contributed by atoms with van der Waals surface area (Å²) in [4.78, 5) is 6.77. The summed E-state index contributed by atoms with van der Waals surface area (Å²) < 4.78 is 19.9. The maximum Gasteiger partial charge on any atom is 0.516 e. The van der Waals surface area contributed by atoms with Crippen LogP contribution in [0.25, 0.3) is 0 Å². The van der Waals surface area contributed by atoms with Gasteiger partial charge in [-0.25, -0.2) is 4.98 Å². The summed E-state index contributed by atoms with van der Waals surface area (Å²) in [6.45, 7) is 9.77. The van der Waals surface area contributed by atoms with Crippen molar-refractivity contribution >= 4 is 18.7 Å². The van der Waals surface area contributed by atoms with Gasteiger partial charge in [-0.3, -0.25) is 0 Å². The standard InChI is InChI=1S/C15H26BN3O3/c1-14(2)15(3,4)22-16(21-14)12-9-19(11-7-8-20-10-11)13(17-12)18(5)6/h9,11H,7-8,10H2,1-6H3. The van der Waals surface area contributed by atoms with Crippen molar-refractivity contribution < 1.29 is 14.0 Å². The summed E-state index contributed by atoms with van der Waals surface area (Å²) in [5.41, 5.74) is 0.126. The Morgan fingerprint density at radius 3 is 2.36 bits per heavy atom. The lowest BCUT2D eigenvalue weighted by Gasteiger charge is -2.32. The van der Waals surface area contributed by atoms with E-state index in [1.54, 1.807) is 0 Å². The zero-order chi connectivity index (χ0) is 16.1. The maximum atomic E-state index is 6.11. The first kappa shape index (κ1) is 15.8. The number of aromatic nitrogens is 2. The van der Waals surface area contributed by atoms with Gasteiger partial charge in [-0.1, -0.05) is 0 Å². The van der Waals surface area contributed by atoms with E-state index in [0.717, 1.165) is 31.2 Å². The molecule has 1 atom stereocenters. The van der Waals surface area contributed by atoms with E-state index in [0.29, 0.717) is 6.04 Å². The van der Waals surface area contributed by atoms with E-state index in [-0.39, 0.29) is 11.2 Å². The Morgan fingerprint density at radius 1 is 1.23 bits per heavy atom. The fourth-order valence-electron chi connectivity index (χ4n) is 2.82. The van der Waals surface area contributed by atoms with Crippen molar-refractivity contribution in [2.75, 3.05) is 32.2 Å². The van der Waals surface area contributed by atoms with Crippen LogP contribution in [0.3, 0.4) is 0 Å². The molecule has 0 radical (unpaired) electrons. The van der Waals surface area contributed by atoms with E-state index in [1.165, 1.54) is 0 Å². The van der Waals surface area contributed by atoms with Gasteiger partial charge in [0.1, 0.15) is 0 Å². The lowest BCUT2D eigenvalue weighted by atomic mass is 9.86. The quantitative estimate of drug-likeness (QED) is 0.786. The molecule has 0 aliphatic carbocycles. The highest BCUT2D eigenvalue weighted by atomic mass is 16.7. The topological polar surface area (TPSA) is 48.8 Å². The summed E-state index contributed by atoms with van der Waals surface area (Å²) in [7, 11) is 3.58. The van der Waals surface area contributed by atoms with Gasteiger partial charge in [-0.2, -0.15) is 0 Å². The van der Waals surface area contributed by atoms with Crippen LogP contribution < -0.4 is 10.5 Å². The number of nitrogens with zero attached hydrogens (tertiary/aromatic N) is 3. The lowest BCUT2D eigenvalue weighted by molar-refractivity contribution is 0.00578. The molecule has 0 N–H and O–H groups in total. The number of hydrogen-bond donors (Lipinski definition) is 0. The van der Waals surface area contributed by atoms with E-state index < -0.39 is 7.12 Å². The molecule has 1 aromatic heterocycles. The third kappa shape index (κ3) is 2.55. The van der Waals surface area contributed by atoms with Gasteiger partial charge in [-0.05, 0) is 34.1 Å². The highest BCUT2D eigenvalue weighted by Crippen LogP contribution is 2.36. The van der Waals surface area contributed by atoms with Crippen LogP contribution in [0.15, 0.2) is 6.20 Å². The average Bonchev–Trinajstić information content (AvgIpc) is 3.09. The zero-order valence-electron chi connectivity index (χ0n) is 14.4. The molecule has 2 saturated heterocycles. The Balaban J connectivity index is 1.91. The molecular formula is C15H26BN3O3. The molecule has 0 aromatic carbocycles. The maximum absolute atomic E-state index is 6.11. The van der Waals surface area contributed by atoms with E-state index in [4.69, 9.17) is 19.0 Å². The monoisotopic (exact) mass is 307 g/mol. The van der Waals surface area contributed by atoms with Crippen LogP contribution in [-0.4, -0.2) is 55.2 Å². The van der Waals surface area contributed by atoms with Crippen LogP contribution in [-0.2, 0) is 14.0 Å². The van der Waals surface area contributed by atoms with Gasteiger partial charge in [0.2, 0.25) is 5.95 Å². The van der Waals surface area contributed by atoms with Crippen molar-refractivity contribution in [1.29, 1.82) is 0 Å². The summed E-state index contributed by atoms with van der Waals surface area (Å²) in [6.07, 6.45) is 3.07. The Morgan fingerprint density at radius 2 is 1.86 bits per heavy atom. The minimum Gasteiger partial charge on any atom is -0.398 e. The van der Waals surface area contributed by atoms with Crippen LogP contribution in [0.2, 0.25) is 0 Å². The minimum atomic E-state index is -0.424. The summed E-state index contributed by atoms with van der Waals surface area (Å²) in [6, 6.07) is 0.334.